The van der Waals surface area contributed by atoms with Gasteiger partial charge in [0, 0.05) is 12.6 Å². The van der Waals surface area contributed by atoms with Crippen LogP contribution in [-0.2, 0) is 0 Å². The van der Waals surface area contributed by atoms with E-state index in [0.717, 1.165) is 5.92 Å². The van der Waals surface area contributed by atoms with E-state index in [-0.39, 0.29) is 0 Å². The van der Waals surface area contributed by atoms with Crippen molar-refractivity contribution in [1.82, 2.24) is 10.2 Å². The van der Waals surface area contributed by atoms with Crippen LogP contribution in [0, 0.1) is 5.92 Å². The monoisotopic (exact) mass is 212 g/mol. The van der Waals surface area contributed by atoms with Gasteiger partial charge in [0.05, 0.1) is 0 Å². The maximum Gasteiger partial charge on any atom is 0.00103 e. The summed E-state index contributed by atoms with van der Waals surface area (Å²) in [6.45, 7) is 11.9. The Morgan fingerprint density at radius 1 is 1.40 bits per heavy atom. The van der Waals surface area contributed by atoms with Crippen LogP contribution in [0.3, 0.4) is 0 Å². The predicted molar refractivity (Wildman–Crippen MR) is 67.2 cm³/mol. The minimum absolute atomic E-state index is 0.636. The largest absolute Gasteiger partial charge is 0.314 e. The molecule has 1 atom stereocenters. The topological polar surface area (TPSA) is 15.3 Å². The summed E-state index contributed by atoms with van der Waals surface area (Å²) in [5.41, 5.74) is 0. The molecule has 15 heavy (non-hydrogen) atoms. The smallest absolute Gasteiger partial charge is 0.00103 e. The summed E-state index contributed by atoms with van der Waals surface area (Å²) in [6.07, 6.45) is 5.52. The second-order valence-electron chi connectivity index (χ2n) is 5.21. The maximum atomic E-state index is 3.48. The fraction of sp³-hybridized carbons (Fsp3) is 1.00. The molecule has 1 rings (SSSR count). The Labute approximate surface area is 95.4 Å². The van der Waals surface area contributed by atoms with E-state index < -0.39 is 0 Å². The van der Waals surface area contributed by atoms with E-state index in [9.17, 15) is 0 Å². The molecular weight excluding hydrogens is 184 g/mol. The Morgan fingerprint density at radius 2 is 2.20 bits per heavy atom. The summed E-state index contributed by atoms with van der Waals surface area (Å²) in [7, 11) is 0. The second-order valence-corrected chi connectivity index (χ2v) is 5.21. The molecule has 1 heterocycles. The van der Waals surface area contributed by atoms with Crippen LogP contribution in [0.25, 0.3) is 0 Å². The number of hydrogen-bond donors (Lipinski definition) is 1. The van der Waals surface area contributed by atoms with E-state index in [1.807, 2.05) is 0 Å². The van der Waals surface area contributed by atoms with Gasteiger partial charge in [0.15, 0.2) is 0 Å². The SMILES string of the molecule is CCCC1CCN(CCCNC(C)C)C1. The van der Waals surface area contributed by atoms with E-state index >= 15 is 0 Å². The lowest BCUT2D eigenvalue weighted by molar-refractivity contribution is 0.312. The molecule has 0 amide bonds. The highest BCUT2D eigenvalue weighted by molar-refractivity contribution is 4.75. The van der Waals surface area contributed by atoms with Crippen molar-refractivity contribution >= 4 is 0 Å². The van der Waals surface area contributed by atoms with Gasteiger partial charge in [-0.2, -0.15) is 0 Å². The van der Waals surface area contributed by atoms with Gasteiger partial charge >= 0.3 is 0 Å². The molecule has 0 aromatic carbocycles. The van der Waals surface area contributed by atoms with E-state index in [1.54, 1.807) is 0 Å². The van der Waals surface area contributed by atoms with Crippen LogP contribution in [0.4, 0.5) is 0 Å². The van der Waals surface area contributed by atoms with Crippen LogP contribution in [-0.4, -0.2) is 37.1 Å². The first-order valence-corrected chi connectivity index (χ1v) is 6.68. The van der Waals surface area contributed by atoms with Gasteiger partial charge in [0.2, 0.25) is 0 Å². The Kier molecular flexibility index (Phi) is 6.26. The van der Waals surface area contributed by atoms with Crippen molar-refractivity contribution in [3.8, 4) is 0 Å². The third-order valence-electron chi connectivity index (χ3n) is 3.27. The lowest BCUT2D eigenvalue weighted by Crippen LogP contribution is -2.28. The summed E-state index contributed by atoms with van der Waals surface area (Å²) in [4.78, 5) is 2.64. The number of rotatable bonds is 7. The second kappa shape index (κ2) is 7.24. The maximum absolute atomic E-state index is 3.48. The average molecular weight is 212 g/mol. The standard InChI is InChI=1S/C13H28N2/c1-4-6-13-7-10-15(11-13)9-5-8-14-12(2)3/h12-14H,4-11H2,1-3H3. The van der Waals surface area contributed by atoms with Crippen LogP contribution in [0.15, 0.2) is 0 Å². The molecule has 0 aromatic rings. The number of likely N-dealkylation sites (tertiary alicyclic amines) is 1. The molecule has 0 spiro atoms. The Bertz CT molecular complexity index is 157. The molecule has 90 valence electrons. The predicted octanol–water partition coefficient (Wildman–Crippen LogP) is 2.50. The average Bonchev–Trinajstić information content (AvgIpc) is 2.61. The molecular formula is C13H28N2. The van der Waals surface area contributed by atoms with Crippen LogP contribution in [0.1, 0.15) is 46.5 Å². The first-order valence-electron chi connectivity index (χ1n) is 6.68. The number of hydrogen-bond acceptors (Lipinski definition) is 2. The highest BCUT2D eigenvalue weighted by Crippen LogP contribution is 2.20. The quantitative estimate of drug-likeness (QED) is 0.652. The molecule has 0 aromatic heterocycles. The minimum Gasteiger partial charge on any atom is -0.314 e. The van der Waals surface area contributed by atoms with Crippen LogP contribution in [0.5, 0.6) is 0 Å². The number of nitrogens with zero attached hydrogens (tertiary/aromatic N) is 1. The first kappa shape index (κ1) is 13.0. The van der Waals surface area contributed by atoms with E-state index in [0.29, 0.717) is 6.04 Å². The van der Waals surface area contributed by atoms with Gasteiger partial charge in [-0.25, -0.2) is 0 Å². The summed E-state index contributed by atoms with van der Waals surface area (Å²) in [5, 5.41) is 3.48. The van der Waals surface area contributed by atoms with Gasteiger partial charge in [-0.1, -0.05) is 27.2 Å². The zero-order chi connectivity index (χ0) is 11.1. The fourth-order valence-electron chi connectivity index (χ4n) is 2.45. The van der Waals surface area contributed by atoms with Gasteiger partial charge in [-0.15, -0.1) is 0 Å². The fourth-order valence-corrected chi connectivity index (χ4v) is 2.45. The Balaban J connectivity index is 1.99. The summed E-state index contributed by atoms with van der Waals surface area (Å²) in [5.74, 6) is 0.994. The Morgan fingerprint density at radius 3 is 2.87 bits per heavy atom. The summed E-state index contributed by atoms with van der Waals surface area (Å²) >= 11 is 0. The molecule has 0 saturated carbocycles. The third-order valence-corrected chi connectivity index (χ3v) is 3.27. The third kappa shape index (κ3) is 5.53. The van der Waals surface area contributed by atoms with Crippen molar-refractivity contribution in [1.29, 1.82) is 0 Å². The summed E-state index contributed by atoms with van der Waals surface area (Å²) < 4.78 is 0. The van der Waals surface area contributed by atoms with Gasteiger partial charge in [-0.05, 0) is 44.8 Å². The molecule has 1 aliphatic rings. The van der Waals surface area contributed by atoms with Crippen LogP contribution >= 0.6 is 0 Å². The van der Waals surface area contributed by atoms with E-state index in [2.05, 4.69) is 31.0 Å². The number of nitrogens with one attached hydrogen (secondary N) is 1. The molecule has 0 bridgehead atoms. The van der Waals surface area contributed by atoms with Crippen LogP contribution in [0.2, 0.25) is 0 Å². The lowest BCUT2D eigenvalue weighted by Gasteiger charge is -2.16. The normalized spacial score (nSPS) is 22.8. The van der Waals surface area contributed by atoms with Crippen molar-refractivity contribution in [3.63, 3.8) is 0 Å². The van der Waals surface area contributed by atoms with Crippen molar-refractivity contribution in [2.45, 2.75) is 52.5 Å². The van der Waals surface area contributed by atoms with E-state index in [1.165, 1.54) is 51.9 Å². The molecule has 1 aliphatic heterocycles. The van der Waals surface area contributed by atoms with Crippen molar-refractivity contribution < 1.29 is 0 Å². The zero-order valence-electron chi connectivity index (χ0n) is 10.8. The summed E-state index contributed by atoms with van der Waals surface area (Å²) in [6, 6.07) is 0.636. The molecule has 1 unspecified atom stereocenters. The van der Waals surface area contributed by atoms with Gasteiger partial charge in [0.25, 0.3) is 0 Å². The van der Waals surface area contributed by atoms with Crippen LogP contribution < -0.4 is 5.32 Å². The molecule has 0 radical (unpaired) electrons. The van der Waals surface area contributed by atoms with Crippen molar-refractivity contribution in [3.05, 3.63) is 0 Å². The van der Waals surface area contributed by atoms with Gasteiger partial charge < -0.3 is 10.2 Å². The highest BCUT2D eigenvalue weighted by Gasteiger charge is 2.20. The minimum atomic E-state index is 0.636. The van der Waals surface area contributed by atoms with Gasteiger partial charge in [-0.3, -0.25) is 0 Å². The molecule has 2 heteroatoms. The lowest BCUT2D eigenvalue weighted by atomic mass is 10.0. The molecule has 0 aliphatic carbocycles. The molecule has 1 N–H and O–H groups in total. The Hall–Kier alpha value is -0.0800. The van der Waals surface area contributed by atoms with Crippen molar-refractivity contribution in [2.75, 3.05) is 26.2 Å². The zero-order valence-corrected chi connectivity index (χ0v) is 10.8. The molecule has 1 saturated heterocycles. The molecule has 2 nitrogen and oxygen atoms in total. The van der Waals surface area contributed by atoms with Crippen molar-refractivity contribution in [2.24, 2.45) is 5.92 Å². The molecule has 1 fully saturated rings. The van der Waals surface area contributed by atoms with Gasteiger partial charge in [0.1, 0.15) is 0 Å². The van der Waals surface area contributed by atoms with E-state index in [4.69, 9.17) is 0 Å². The first-order chi connectivity index (χ1) is 7.22. The highest BCUT2D eigenvalue weighted by atomic mass is 15.1.